The molecule has 0 bridgehead atoms. The number of hydrogen-bond acceptors (Lipinski definition) is 4. The number of nitrogens with two attached hydrogens (primary N) is 1. The van der Waals surface area contributed by atoms with Crippen molar-refractivity contribution in [3.8, 4) is 0 Å². The molecule has 1 atom stereocenters. The van der Waals surface area contributed by atoms with Crippen LogP contribution in [0.5, 0.6) is 0 Å². The van der Waals surface area contributed by atoms with Gasteiger partial charge >= 0.3 is 6.09 Å². The molecule has 1 aliphatic heterocycles. The van der Waals surface area contributed by atoms with Gasteiger partial charge in [0.05, 0.1) is 12.6 Å². The van der Waals surface area contributed by atoms with Gasteiger partial charge in [-0.25, -0.2) is 15.6 Å². The van der Waals surface area contributed by atoms with Gasteiger partial charge < -0.3 is 9.64 Å². The van der Waals surface area contributed by atoms with Crippen molar-refractivity contribution in [2.24, 2.45) is 5.84 Å². The minimum absolute atomic E-state index is 0.0940. The van der Waals surface area contributed by atoms with Gasteiger partial charge in [-0.05, 0) is 12.1 Å². The molecule has 0 radical (unpaired) electrons. The Bertz CT molecular complexity index is 571. The van der Waals surface area contributed by atoms with E-state index in [0.717, 1.165) is 5.01 Å². The predicted molar refractivity (Wildman–Crippen MR) is 82.8 cm³/mol. The van der Waals surface area contributed by atoms with E-state index in [1.807, 2.05) is 30.4 Å². The standard InChI is InChI=1S/C16H19N3O3/c1-2-11-22-16(21)19(17)12-14-9-6-10-18(14)15(20)13-7-4-3-5-8-13/h2-9,14H,1,10-12,17H2. The Balaban J connectivity index is 1.98. The first-order chi connectivity index (χ1) is 10.6. The van der Waals surface area contributed by atoms with E-state index in [2.05, 4.69) is 6.58 Å². The molecule has 0 aliphatic carbocycles. The average Bonchev–Trinajstić information content (AvgIpc) is 3.00. The van der Waals surface area contributed by atoms with Crippen molar-refractivity contribution in [2.75, 3.05) is 19.7 Å². The van der Waals surface area contributed by atoms with Crippen molar-refractivity contribution < 1.29 is 14.3 Å². The van der Waals surface area contributed by atoms with Gasteiger partial charge in [0.25, 0.3) is 5.91 Å². The second-order valence-electron chi connectivity index (χ2n) is 4.84. The summed E-state index contributed by atoms with van der Waals surface area (Å²) >= 11 is 0. The maximum Gasteiger partial charge on any atom is 0.424 e. The molecule has 0 fully saturated rings. The lowest BCUT2D eigenvalue weighted by Gasteiger charge is -2.27. The Hall–Kier alpha value is -2.60. The normalized spacial score (nSPS) is 16.4. The van der Waals surface area contributed by atoms with E-state index in [-0.39, 0.29) is 25.1 Å². The number of benzene rings is 1. The van der Waals surface area contributed by atoms with Crippen molar-refractivity contribution in [3.05, 3.63) is 60.7 Å². The average molecular weight is 301 g/mol. The molecule has 1 unspecified atom stereocenters. The third kappa shape index (κ3) is 3.73. The minimum Gasteiger partial charge on any atom is -0.444 e. The highest BCUT2D eigenvalue weighted by Gasteiger charge is 2.28. The third-order valence-electron chi connectivity index (χ3n) is 3.29. The zero-order valence-electron chi connectivity index (χ0n) is 12.2. The summed E-state index contributed by atoms with van der Waals surface area (Å²) in [7, 11) is 0. The highest BCUT2D eigenvalue weighted by atomic mass is 16.6. The number of hydrazine groups is 1. The Morgan fingerprint density at radius 3 is 2.82 bits per heavy atom. The molecule has 1 aromatic carbocycles. The topological polar surface area (TPSA) is 75.9 Å². The molecule has 22 heavy (non-hydrogen) atoms. The molecule has 1 heterocycles. The summed E-state index contributed by atoms with van der Waals surface area (Å²) in [4.78, 5) is 25.8. The first-order valence-electron chi connectivity index (χ1n) is 6.96. The SMILES string of the molecule is C=CCOC(=O)N(N)CC1C=CCN1C(=O)c1ccccc1. The lowest BCUT2D eigenvalue weighted by atomic mass is 10.2. The molecule has 0 saturated carbocycles. The van der Waals surface area contributed by atoms with Crippen LogP contribution in [0.1, 0.15) is 10.4 Å². The van der Waals surface area contributed by atoms with E-state index in [1.54, 1.807) is 17.0 Å². The van der Waals surface area contributed by atoms with Crippen LogP contribution in [0.25, 0.3) is 0 Å². The van der Waals surface area contributed by atoms with Gasteiger partial charge in [-0.15, -0.1) is 0 Å². The molecule has 0 aromatic heterocycles. The van der Waals surface area contributed by atoms with E-state index in [9.17, 15) is 9.59 Å². The second kappa shape index (κ2) is 7.42. The Morgan fingerprint density at radius 1 is 1.41 bits per heavy atom. The van der Waals surface area contributed by atoms with Crippen molar-refractivity contribution in [3.63, 3.8) is 0 Å². The van der Waals surface area contributed by atoms with Crippen molar-refractivity contribution in [1.82, 2.24) is 9.91 Å². The predicted octanol–water partition coefficient (Wildman–Crippen LogP) is 1.57. The third-order valence-corrected chi connectivity index (χ3v) is 3.29. The Morgan fingerprint density at radius 2 is 2.14 bits per heavy atom. The summed E-state index contributed by atoms with van der Waals surface area (Å²) in [6.07, 6.45) is 4.56. The van der Waals surface area contributed by atoms with E-state index in [0.29, 0.717) is 12.1 Å². The van der Waals surface area contributed by atoms with E-state index >= 15 is 0 Å². The molecule has 2 rings (SSSR count). The van der Waals surface area contributed by atoms with Gasteiger partial charge in [0.1, 0.15) is 6.61 Å². The summed E-state index contributed by atoms with van der Waals surface area (Å²) in [6, 6.07) is 8.73. The van der Waals surface area contributed by atoms with Crippen LogP contribution in [-0.2, 0) is 4.74 Å². The number of hydrogen-bond donors (Lipinski definition) is 1. The molecular weight excluding hydrogens is 282 g/mol. The van der Waals surface area contributed by atoms with Crippen LogP contribution in [0.3, 0.4) is 0 Å². The number of carbonyl (C=O) groups excluding carboxylic acids is 2. The van der Waals surface area contributed by atoms with Crippen molar-refractivity contribution in [2.45, 2.75) is 6.04 Å². The largest absolute Gasteiger partial charge is 0.444 e. The van der Waals surface area contributed by atoms with Gasteiger partial charge in [0.15, 0.2) is 0 Å². The van der Waals surface area contributed by atoms with Crippen LogP contribution in [0.2, 0.25) is 0 Å². The van der Waals surface area contributed by atoms with Gasteiger partial charge in [0.2, 0.25) is 0 Å². The summed E-state index contributed by atoms with van der Waals surface area (Å²) in [5.74, 6) is 5.60. The van der Waals surface area contributed by atoms with Crippen LogP contribution < -0.4 is 5.84 Å². The zero-order valence-corrected chi connectivity index (χ0v) is 12.2. The molecule has 116 valence electrons. The van der Waals surface area contributed by atoms with Gasteiger partial charge in [-0.2, -0.15) is 0 Å². The van der Waals surface area contributed by atoms with Crippen LogP contribution in [0, 0.1) is 0 Å². The fourth-order valence-electron chi connectivity index (χ4n) is 2.20. The summed E-state index contributed by atoms with van der Waals surface area (Å²) in [6.45, 7) is 4.23. The molecule has 2 N–H and O–H groups in total. The first-order valence-corrected chi connectivity index (χ1v) is 6.96. The highest BCUT2D eigenvalue weighted by Crippen LogP contribution is 2.15. The number of ether oxygens (including phenoxy) is 1. The van der Waals surface area contributed by atoms with Crippen molar-refractivity contribution >= 4 is 12.0 Å². The van der Waals surface area contributed by atoms with Crippen LogP contribution in [0.15, 0.2) is 55.1 Å². The fraction of sp³-hybridized carbons (Fsp3) is 0.250. The van der Waals surface area contributed by atoms with Crippen LogP contribution in [0.4, 0.5) is 4.79 Å². The fourth-order valence-corrected chi connectivity index (χ4v) is 2.20. The second-order valence-corrected chi connectivity index (χ2v) is 4.84. The molecule has 1 aliphatic rings. The maximum atomic E-state index is 12.5. The van der Waals surface area contributed by atoms with Gasteiger partial charge in [-0.1, -0.05) is 43.0 Å². The highest BCUT2D eigenvalue weighted by molar-refractivity contribution is 5.95. The number of rotatable bonds is 5. The smallest absolute Gasteiger partial charge is 0.424 e. The van der Waals surface area contributed by atoms with Crippen LogP contribution in [-0.4, -0.2) is 47.6 Å². The summed E-state index contributed by atoms with van der Waals surface area (Å²) in [5.41, 5.74) is 0.606. The first kappa shape index (κ1) is 15.8. The van der Waals surface area contributed by atoms with E-state index < -0.39 is 6.09 Å². The molecule has 6 heteroatoms. The number of nitrogens with zero attached hydrogens (tertiary/aromatic N) is 2. The summed E-state index contributed by atoms with van der Waals surface area (Å²) < 4.78 is 4.86. The molecular formula is C16H19N3O3. The quantitative estimate of drug-likeness (QED) is 0.387. The van der Waals surface area contributed by atoms with Crippen LogP contribution >= 0.6 is 0 Å². The maximum absolute atomic E-state index is 12.5. The summed E-state index contributed by atoms with van der Waals surface area (Å²) in [5, 5.41) is 0.967. The zero-order chi connectivity index (χ0) is 15.9. The number of amides is 2. The lowest BCUT2D eigenvalue weighted by molar-refractivity contribution is 0.0691. The van der Waals surface area contributed by atoms with Gasteiger partial charge in [-0.3, -0.25) is 4.79 Å². The molecule has 0 saturated heterocycles. The Labute approximate surface area is 129 Å². The molecule has 0 spiro atoms. The molecule has 6 nitrogen and oxygen atoms in total. The molecule has 2 amide bonds. The van der Waals surface area contributed by atoms with E-state index in [4.69, 9.17) is 10.6 Å². The Kier molecular flexibility index (Phi) is 5.32. The van der Waals surface area contributed by atoms with E-state index in [1.165, 1.54) is 6.08 Å². The van der Waals surface area contributed by atoms with Crippen molar-refractivity contribution in [1.29, 1.82) is 0 Å². The molecule has 1 aromatic rings. The number of carbonyl (C=O) groups is 2. The lowest BCUT2D eigenvalue weighted by Crippen LogP contribution is -2.48. The van der Waals surface area contributed by atoms with Gasteiger partial charge in [0, 0.05) is 12.1 Å². The minimum atomic E-state index is -0.646. The monoisotopic (exact) mass is 301 g/mol.